The van der Waals surface area contributed by atoms with Gasteiger partial charge in [-0.15, -0.1) is 0 Å². The zero-order chi connectivity index (χ0) is 15.6. The van der Waals surface area contributed by atoms with E-state index in [0.29, 0.717) is 0 Å². The first-order valence-corrected chi connectivity index (χ1v) is 7.84. The second kappa shape index (κ2) is 6.21. The Bertz CT molecular complexity index is 533. The molecular formula is C12H23N3O4S. The van der Waals surface area contributed by atoms with Gasteiger partial charge in [0.25, 0.3) is 0 Å². The Hall–Kier alpha value is -0.960. The molecule has 116 valence electrons. The maximum atomic E-state index is 12.1. The fourth-order valence-electron chi connectivity index (χ4n) is 1.61. The van der Waals surface area contributed by atoms with Crippen LogP contribution in [0.5, 0.6) is 0 Å². The van der Waals surface area contributed by atoms with Crippen molar-refractivity contribution in [2.45, 2.75) is 44.2 Å². The average Bonchev–Trinajstić information content (AvgIpc) is 2.74. The molecule has 0 aliphatic rings. The van der Waals surface area contributed by atoms with Crippen molar-refractivity contribution in [2.75, 3.05) is 6.61 Å². The molecule has 0 aliphatic heterocycles. The maximum Gasteiger partial charge on any atom is 0.244 e. The van der Waals surface area contributed by atoms with E-state index >= 15 is 0 Å². The highest BCUT2D eigenvalue weighted by Crippen LogP contribution is 2.23. The zero-order valence-electron chi connectivity index (χ0n) is 12.2. The molecule has 2 atom stereocenters. The quantitative estimate of drug-likeness (QED) is 0.678. The molecule has 0 saturated heterocycles. The van der Waals surface area contributed by atoms with Crippen molar-refractivity contribution in [1.82, 2.24) is 14.5 Å². The Morgan fingerprint density at radius 1 is 1.45 bits per heavy atom. The van der Waals surface area contributed by atoms with E-state index in [-0.39, 0.29) is 23.3 Å². The van der Waals surface area contributed by atoms with Crippen molar-refractivity contribution >= 4 is 10.0 Å². The fourth-order valence-corrected chi connectivity index (χ4v) is 2.83. The number of rotatable bonds is 6. The Kier molecular flexibility index (Phi) is 5.31. The third-order valence-electron chi connectivity index (χ3n) is 3.04. The summed E-state index contributed by atoms with van der Waals surface area (Å²) in [4.78, 5) is 0.0312. The highest BCUT2D eigenvalue weighted by molar-refractivity contribution is 7.89. The van der Waals surface area contributed by atoms with Gasteiger partial charge in [0, 0.05) is 19.3 Å². The van der Waals surface area contributed by atoms with Crippen LogP contribution in [0.1, 0.15) is 27.2 Å². The average molecular weight is 305 g/mol. The summed E-state index contributed by atoms with van der Waals surface area (Å²) in [6.45, 7) is 5.16. The van der Waals surface area contributed by atoms with Gasteiger partial charge in [-0.1, -0.05) is 20.8 Å². The summed E-state index contributed by atoms with van der Waals surface area (Å²) in [6, 6.07) is -0.741. The Morgan fingerprint density at radius 3 is 2.45 bits per heavy atom. The van der Waals surface area contributed by atoms with Crippen LogP contribution in [0.2, 0.25) is 0 Å². The molecule has 0 spiro atoms. The van der Waals surface area contributed by atoms with Crippen LogP contribution < -0.4 is 4.72 Å². The van der Waals surface area contributed by atoms with E-state index < -0.39 is 22.2 Å². The van der Waals surface area contributed by atoms with Gasteiger partial charge in [0.2, 0.25) is 10.0 Å². The molecule has 3 N–H and O–H groups in total. The lowest BCUT2D eigenvalue weighted by atomic mass is 9.86. The van der Waals surface area contributed by atoms with Crippen LogP contribution in [0.15, 0.2) is 17.3 Å². The number of hydrogen-bond donors (Lipinski definition) is 3. The highest BCUT2D eigenvalue weighted by Gasteiger charge is 2.28. The number of sulfonamides is 1. The van der Waals surface area contributed by atoms with E-state index in [1.165, 1.54) is 17.1 Å². The predicted octanol–water partition coefficient (Wildman–Crippen LogP) is -0.144. The molecule has 0 amide bonds. The molecule has 0 radical (unpaired) electrons. The summed E-state index contributed by atoms with van der Waals surface area (Å²) in [5.41, 5.74) is -0.382. The largest absolute Gasteiger partial charge is 0.395 e. The molecule has 0 aromatic carbocycles. The summed E-state index contributed by atoms with van der Waals surface area (Å²) in [5.74, 6) is 0. The molecule has 0 bridgehead atoms. The second-order valence-electron chi connectivity index (χ2n) is 5.97. The molecule has 1 aromatic heterocycles. The van der Waals surface area contributed by atoms with Crippen molar-refractivity contribution in [3.63, 3.8) is 0 Å². The van der Waals surface area contributed by atoms with E-state index in [9.17, 15) is 18.6 Å². The summed E-state index contributed by atoms with van der Waals surface area (Å²) in [7, 11) is -2.13. The van der Waals surface area contributed by atoms with Crippen LogP contribution in [0.4, 0.5) is 0 Å². The van der Waals surface area contributed by atoms with Crippen LogP contribution in [0, 0.1) is 5.41 Å². The van der Waals surface area contributed by atoms with Crippen molar-refractivity contribution in [1.29, 1.82) is 0 Å². The van der Waals surface area contributed by atoms with Crippen LogP contribution in [-0.2, 0) is 17.1 Å². The van der Waals surface area contributed by atoms with Gasteiger partial charge in [-0.3, -0.25) is 4.68 Å². The first-order chi connectivity index (χ1) is 9.06. The maximum absolute atomic E-state index is 12.1. The minimum atomic E-state index is -3.75. The molecule has 7 nitrogen and oxygen atoms in total. The van der Waals surface area contributed by atoms with Crippen molar-refractivity contribution in [2.24, 2.45) is 12.5 Å². The topological polar surface area (TPSA) is 104 Å². The fraction of sp³-hybridized carbons (Fsp3) is 0.750. The van der Waals surface area contributed by atoms with Gasteiger partial charge in [-0.05, 0) is 11.8 Å². The Balaban J connectivity index is 2.78. The minimum Gasteiger partial charge on any atom is -0.395 e. The number of aliphatic hydroxyl groups is 2. The van der Waals surface area contributed by atoms with Gasteiger partial charge < -0.3 is 10.2 Å². The van der Waals surface area contributed by atoms with Gasteiger partial charge >= 0.3 is 0 Å². The van der Waals surface area contributed by atoms with Crippen molar-refractivity contribution in [3.8, 4) is 0 Å². The van der Waals surface area contributed by atoms with Gasteiger partial charge in [0.15, 0.2) is 0 Å². The van der Waals surface area contributed by atoms with E-state index in [1.54, 1.807) is 7.05 Å². The van der Waals surface area contributed by atoms with Crippen molar-refractivity contribution < 1.29 is 18.6 Å². The summed E-state index contributed by atoms with van der Waals surface area (Å²) < 4.78 is 27.9. The standard InChI is InChI=1S/C12H23N3O4S/c1-12(2,3)11(17)5-9(8-16)14-20(18,19)10-6-13-15(4)7-10/h6-7,9,11,14,16-17H,5,8H2,1-4H3/t9-,11-/m1/s1. The predicted molar refractivity (Wildman–Crippen MR) is 74.5 cm³/mol. The highest BCUT2D eigenvalue weighted by atomic mass is 32.2. The zero-order valence-corrected chi connectivity index (χ0v) is 13.1. The summed E-state index contributed by atoms with van der Waals surface area (Å²) >= 11 is 0. The number of nitrogens with zero attached hydrogens (tertiary/aromatic N) is 2. The van der Waals surface area contributed by atoms with Gasteiger partial charge in [0.05, 0.1) is 18.9 Å². The lowest BCUT2D eigenvalue weighted by Gasteiger charge is -2.29. The SMILES string of the molecule is Cn1cc(S(=O)(=O)N[C@@H](CO)C[C@@H](O)C(C)(C)C)cn1. The molecule has 8 heteroatoms. The van der Waals surface area contributed by atoms with E-state index in [1.807, 2.05) is 20.8 Å². The van der Waals surface area contributed by atoms with Gasteiger partial charge in [-0.2, -0.15) is 5.10 Å². The molecule has 0 fully saturated rings. The first-order valence-electron chi connectivity index (χ1n) is 6.36. The number of hydrogen-bond acceptors (Lipinski definition) is 5. The van der Waals surface area contributed by atoms with Crippen LogP contribution in [0.25, 0.3) is 0 Å². The van der Waals surface area contributed by atoms with Crippen molar-refractivity contribution in [3.05, 3.63) is 12.4 Å². The normalized spacial score (nSPS) is 16.1. The molecule has 0 unspecified atom stereocenters. The summed E-state index contributed by atoms with van der Waals surface area (Å²) in [5, 5.41) is 23.1. The Morgan fingerprint density at radius 2 is 2.05 bits per heavy atom. The number of aryl methyl sites for hydroxylation is 1. The number of aliphatic hydroxyl groups excluding tert-OH is 2. The monoisotopic (exact) mass is 305 g/mol. The Labute approximate surface area is 119 Å². The van der Waals surface area contributed by atoms with E-state index in [0.717, 1.165) is 0 Å². The van der Waals surface area contributed by atoms with E-state index in [4.69, 9.17) is 0 Å². The lowest BCUT2D eigenvalue weighted by molar-refractivity contribution is 0.0420. The molecule has 1 aromatic rings. The third kappa shape index (κ3) is 4.55. The number of nitrogens with one attached hydrogen (secondary N) is 1. The van der Waals surface area contributed by atoms with Gasteiger partial charge in [0.1, 0.15) is 4.90 Å². The van der Waals surface area contributed by atoms with E-state index in [2.05, 4.69) is 9.82 Å². The van der Waals surface area contributed by atoms with Crippen LogP contribution in [0.3, 0.4) is 0 Å². The molecule has 1 heterocycles. The number of aromatic nitrogens is 2. The molecule has 1 rings (SSSR count). The lowest BCUT2D eigenvalue weighted by Crippen LogP contribution is -2.42. The smallest absolute Gasteiger partial charge is 0.244 e. The summed E-state index contributed by atoms with van der Waals surface area (Å²) in [6.07, 6.45) is 2.02. The van der Waals surface area contributed by atoms with Gasteiger partial charge in [-0.25, -0.2) is 13.1 Å². The third-order valence-corrected chi connectivity index (χ3v) is 4.52. The van der Waals surface area contributed by atoms with Crippen LogP contribution >= 0.6 is 0 Å². The molecular weight excluding hydrogens is 282 g/mol. The molecule has 0 saturated carbocycles. The minimum absolute atomic E-state index is 0.0312. The molecule has 20 heavy (non-hydrogen) atoms. The van der Waals surface area contributed by atoms with Crippen LogP contribution in [-0.4, -0.2) is 47.2 Å². The second-order valence-corrected chi connectivity index (χ2v) is 7.68. The molecule has 0 aliphatic carbocycles. The first kappa shape index (κ1) is 17.1.